The molecule has 2 aromatic heterocycles. The number of para-hydroxylation sites is 2. The SMILES string of the molecule is COc1ccc(-n2c(SCc3nnsc3Cl)nc3ccccc32)cc1. The molecule has 126 valence electrons. The van der Waals surface area contributed by atoms with E-state index in [9.17, 15) is 0 Å². The molecule has 8 heteroatoms. The zero-order valence-corrected chi connectivity index (χ0v) is 15.6. The minimum Gasteiger partial charge on any atom is -0.497 e. The van der Waals surface area contributed by atoms with Crippen molar-refractivity contribution >= 4 is 45.9 Å². The van der Waals surface area contributed by atoms with Gasteiger partial charge in [0, 0.05) is 23.0 Å². The first-order valence-corrected chi connectivity index (χ1v) is 9.61. The van der Waals surface area contributed by atoms with Gasteiger partial charge in [-0.05, 0) is 36.4 Å². The second kappa shape index (κ2) is 7.03. The molecule has 0 radical (unpaired) electrons. The number of methoxy groups -OCH3 is 1. The van der Waals surface area contributed by atoms with Crippen molar-refractivity contribution < 1.29 is 4.74 Å². The summed E-state index contributed by atoms with van der Waals surface area (Å²) in [5.74, 6) is 1.44. The van der Waals surface area contributed by atoms with Crippen LogP contribution >= 0.6 is 34.9 Å². The van der Waals surface area contributed by atoms with E-state index in [1.807, 2.05) is 42.5 Å². The maximum atomic E-state index is 6.11. The molecule has 4 rings (SSSR count). The van der Waals surface area contributed by atoms with E-state index in [4.69, 9.17) is 21.3 Å². The van der Waals surface area contributed by atoms with Gasteiger partial charge in [0.1, 0.15) is 15.8 Å². The third-order valence-electron chi connectivity index (χ3n) is 3.71. The standard InChI is InChI=1S/C17H13ClN4OS2/c1-23-12-8-6-11(7-9-12)22-15-5-3-2-4-13(15)19-17(22)24-10-14-16(18)25-21-20-14/h2-9H,10H2,1H3. The largest absolute Gasteiger partial charge is 0.497 e. The van der Waals surface area contributed by atoms with E-state index >= 15 is 0 Å². The molecular formula is C17H13ClN4OS2. The van der Waals surface area contributed by atoms with E-state index in [0.29, 0.717) is 10.1 Å². The number of ether oxygens (including phenoxy) is 1. The average molecular weight is 389 g/mol. The van der Waals surface area contributed by atoms with Crippen LogP contribution in [-0.4, -0.2) is 26.2 Å². The lowest BCUT2D eigenvalue weighted by Gasteiger charge is -2.09. The van der Waals surface area contributed by atoms with Crippen molar-refractivity contribution in [3.8, 4) is 11.4 Å². The Bertz CT molecular complexity index is 1010. The molecule has 0 aliphatic rings. The van der Waals surface area contributed by atoms with Crippen LogP contribution < -0.4 is 4.74 Å². The highest BCUT2D eigenvalue weighted by atomic mass is 35.5. The number of aromatic nitrogens is 4. The van der Waals surface area contributed by atoms with Crippen LogP contribution in [0, 0.1) is 0 Å². The Kier molecular flexibility index (Phi) is 4.61. The normalized spacial score (nSPS) is 11.1. The fraction of sp³-hybridized carbons (Fsp3) is 0.118. The maximum absolute atomic E-state index is 6.11. The molecule has 0 bridgehead atoms. The predicted octanol–water partition coefficient (Wildman–Crippen LogP) is 4.83. The summed E-state index contributed by atoms with van der Waals surface area (Å²) >= 11 is 8.90. The Morgan fingerprint density at radius 2 is 1.96 bits per heavy atom. The van der Waals surface area contributed by atoms with Crippen molar-refractivity contribution in [1.82, 2.24) is 19.1 Å². The van der Waals surface area contributed by atoms with E-state index in [1.165, 1.54) is 11.5 Å². The number of fused-ring (bicyclic) bond motifs is 1. The molecule has 0 spiro atoms. The third-order valence-corrected chi connectivity index (χ3v) is 5.64. The van der Waals surface area contributed by atoms with Crippen molar-refractivity contribution in [2.45, 2.75) is 10.9 Å². The van der Waals surface area contributed by atoms with Gasteiger partial charge < -0.3 is 4.74 Å². The second-order valence-corrected chi connectivity index (χ2v) is 7.50. The van der Waals surface area contributed by atoms with E-state index in [2.05, 4.69) is 20.2 Å². The van der Waals surface area contributed by atoms with Gasteiger partial charge in [-0.1, -0.05) is 40.0 Å². The summed E-state index contributed by atoms with van der Waals surface area (Å²) < 4.78 is 11.9. The van der Waals surface area contributed by atoms with Crippen molar-refractivity contribution in [2.24, 2.45) is 0 Å². The zero-order chi connectivity index (χ0) is 17.2. The first kappa shape index (κ1) is 16.4. The number of nitrogens with zero attached hydrogens (tertiary/aromatic N) is 4. The van der Waals surface area contributed by atoms with Gasteiger partial charge in [0.15, 0.2) is 5.16 Å². The summed E-state index contributed by atoms with van der Waals surface area (Å²) in [6, 6.07) is 16.0. The summed E-state index contributed by atoms with van der Waals surface area (Å²) in [6.07, 6.45) is 0. The van der Waals surface area contributed by atoms with Crippen molar-refractivity contribution in [3.63, 3.8) is 0 Å². The fourth-order valence-electron chi connectivity index (χ4n) is 2.50. The number of benzene rings is 2. The predicted molar refractivity (Wildman–Crippen MR) is 102 cm³/mol. The number of imidazole rings is 1. The molecule has 0 atom stereocenters. The van der Waals surface area contributed by atoms with Crippen LogP contribution in [0.25, 0.3) is 16.7 Å². The van der Waals surface area contributed by atoms with Crippen molar-refractivity contribution in [3.05, 3.63) is 58.6 Å². The van der Waals surface area contributed by atoms with Crippen molar-refractivity contribution in [2.75, 3.05) is 7.11 Å². The lowest BCUT2D eigenvalue weighted by molar-refractivity contribution is 0.414. The molecule has 0 saturated heterocycles. The van der Waals surface area contributed by atoms with Crippen LogP contribution in [-0.2, 0) is 5.75 Å². The molecule has 0 N–H and O–H groups in total. The number of rotatable bonds is 5. The van der Waals surface area contributed by atoms with Crippen LogP contribution in [0.5, 0.6) is 5.75 Å². The van der Waals surface area contributed by atoms with Crippen LogP contribution in [0.1, 0.15) is 5.69 Å². The van der Waals surface area contributed by atoms with E-state index in [0.717, 1.165) is 33.3 Å². The van der Waals surface area contributed by atoms with Gasteiger partial charge in [0.2, 0.25) is 0 Å². The summed E-state index contributed by atoms with van der Waals surface area (Å²) in [4.78, 5) is 4.77. The van der Waals surface area contributed by atoms with Crippen molar-refractivity contribution in [1.29, 1.82) is 0 Å². The molecule has 0 aliphatic heterocycles. The number of hydrogen-bond acceptors (Lipinski definition) is 6. The highest BCUT2D eigenvalue weighted by Crippen LogP contribution is 2.32. The smallest absolute Gasteiger partial charge is 0.174 e. The molecule has 2 heterocycles. The summed E-state index contributed by atoms with van der Waals surface area (Å²) in [5.41, 5.74) is 3.81. The highest BCUT2D eigenvalue weighted by Gasteiger charge is 2.15. The summed E-state index contributed by atoms with van der Waals surface area (Å²) in [7, 11) is 1.66. The first-order valence-electron chi connectivity index (χ1n) is 7.47. The molecule has 5 nitrogen and oxygen atoms in total. The Balaban J connectivity index is 1.76. The van der Waals surface area contributed by atoms with Gasteiger partial charge in [0.25, 0.3) is 0 Å². The highest BCUT2D eigenvalue weighted by molar-refractivity contribution is 7.98. The van der Waals surface area contributed by atoms with Crippen LogP contribution in [0.3, 0.4) is 0 Å². The Morgan fingerprint density at radius 3 is 2.68 bits per heavy atom. The molecule has 0 amide bonds. The van der Waals surface area contributed by atoms with E-state index in [1.54, 1.807) is 18.9 Å². The molecule has 0 saturated carbocycles. The van der Waals surface area contributed by atoms with Gasteiger partial charge >= 0.3 is 0 Å². The Hall–Kier alpha value is -2.09. The minimum absolute atomic E-state index is 0.620. The number of thioether (sulfide) groups is 1. The molecule has 0 aliphatic carbocycles. The van der Waals surface area contributed by atoms with Crippen LogP contribution in [0.4, 0.5) is 0 Å². The van der Waals surface area contributed by atoms with Crippen LogP contribution in [0.2, 0.25) is 4.34 Å². The lowest BCUT2D eigenvalue weighted by Crippen LogP contribution is -1.97. The third kappa shape index (κ3) is 3.22. The van der Waals surface area contributed by atoms with Gasteiger partial charge in [-0.3, -0.25) is 4.57 Å². The molecule has 0 unspecified atom stereocenters. The molecular weight excluding hydrogens is 376 g/mol. The molecule has 25 heavy (non-hydrogen) atoms. The molecule has 2 aromatic carbocycles. The number of hydrogen-bond donors (Lipinski definition) is 0. The van der Waals surface area contributed by atoms with Gasteiger partial charge in [-0.2, -0.15) is 0 Å². The molecule has 4 aromatic rings. The second-order valence-electron chi connectivity index (χ2n) is 5.20. The monoisotopic (exact) mass is 388 g/mol. The number of halogens is 1. The average Bonchev–Trinajstić information content (AvgIpc) is 3.23. The van der Waals surface area contributed by atoms with E-state index < -0.39 is 0 Å². The minimum atomic E-state index is 0.620. The zero-order valence-electron chi connectivity index (χ0n) is 13.2. The lowest BCUT2D eigenvalue weighted by atomic mass is 10.2. The fourth-order valence-corrected chi connectivity index (χ4v) is 4.26. The summed E-state index contributed by atoms with van der Waals surface area (Å²) in [5, 5.41) is 4.96. The summed E-state index contributed by atoms with van der Waals surface area (Å²) in [6.45, 7) is 0. The first-order chi connectivity index (χ1) is 12.3. The van der Waals surface area contributed by atoms with Gasteiger partial charge in [-0.25, -0.2) is 4.98 Å². The topological polar surface area (TPSA) is 52.8 Å². The van der Waals surface area contributed by atoms with Crippen LogP contribution in [0.15, 0.2) is 53.7 Å². The molecule has 0 fully saturated rings. The van der Waals surface area contributed by atoms with E-state index in [-0.39, 0.29) is 0 Å². The quantitative estimate of drug-likeness (QED) is 0.458. The van der Waals surface area contributed by atoms with Gasteiger partial charge in [-0.15, -0.1) is 5.10 Å². The Labute approximate surface area is 157 Å². The Morgan fingerprint density at radius 1 is 1.16 bits per heavy atom. The van der Waals surface area contributed by atoms with Gasteiger partial charge in [0.05, 0.1) is 18.1 Å². The maximum Gasteiger partial charge on any atom is 0.174 e.